The summed E-state index contributed by atoms with van der Waals surface area (Å²) in [6.07, 6.45) is 3.83. The summed E-state index contributed by atoms with van der Waals surface area (Å²) in [4.78, 5) is 0. The van der Waals surface area contributed by atoms with Crippen molar-refractivity contribution >= 4 is 11.8 Å². The lowest BCUT2D eigenvalue weighted by Gasteiger charge is -2.25. The van der Waals surface area contributed by atoms with Gasteiger partial charge in [-0.3, -0.25) is 0 Å². The van der Waals surface area contributed by atoms with Crippen LogP contribution in [0.2, 0.25) is 0 Å². The Bertz CT molecular complexity index is 201. The van der Waals surface area contributed by atoms with Crippen LogP contribution in [0.5, 0.6) is 0 Å². The Hall–Kier alpha value is 0.230. The van der Waals surface area contributed by atoms with Gasteiger partial charge >= 0.3 is 0 Å². The Morgan fingerprint density at radius 3 is 2.94 bits per heavy atom. The molecule has 2 rings (SSSR count). The van der Waals surface area contributed by atoms with Gasteiger partial charge in [0.15, 0.2) is 0 Å². The van der Waals surface area contributed by atoms with Crippen molar-refractivity contribution in [3.8, 4) is 0 Å². The van der Waals surface area contributed by atoms with Crippen LogP contribution in [0, 0.1) is 0 Å². The summed E-state index contributed by atoms with van der Waals surface area (Å²) in [6, 6.07) is 0. The standard InChI is InChI=1S/C12H24N2OS/c1-12(4-8-15-10-12)14-7-9-16-11-2-5-13-6-3-11/h11,13-14H,2-10H2,1H3. The second kappa shape index (κ2) is 6.24. The van der Waals surface area contributed by atoms with E-state index in [1.807, 2.05) is 0 Å². The summed E-state index contributed by atoms with van der Waals surface area (Å²) in [5.74, 6) is 1.24. The van der Waals surface area contributed by atoms with E-state index in [9.17, 15) is 0 Å². The Kier molecular flexibility index (Phi) is 4.95. The molecule has 4 heteroatoms. The highest BCUT2D eigenvalue weighted by Gasteiger charge is 2.28. The van der Waals surface area contributed by atoms with E-state index in [1.165, 1.54) is 31.7 Å². The molecule has 0 bridgehead atoms. The molecule has 0 aliphatic carbocycles. The molecule has 16 heavy (non-hydrogen) atoms. The molecule has 0 aromatic carbocycles. The Labute approximate surface area is 103 Å². The minimum atomic E-state index is 0.245. The first-order valence-electron chi connectivity index (χ1n) is 6.44. The molecule has 94 valence electrons. The smallest absolute Gasteiger partial charge is 0.0646 e. The second-order valence-corrected chi connectivity index (χ2v) is 6.52. The lowest BCUT2D eigenvalue weighted by molar-refractivity contribution is 0.172. The van der Waals surface area contributed by atoms with Crippen LogP contribution in [-0.2, 0) is 4.74 Å². The molecule has 2 aliphatic rings. The van der Waals surface area contributed by atoms with E-state index in [0.29, 0.717) is 0 Å². The summed E-state index contributed by atoms with van der Waals surface area (Å²) < 4.78 is 5.43. The number of ether oxygens (including phenoxy) is 1. The predicted octanol–water partition coefficient (Wildman–Crippen LogP) is 1.24. The molecule has 1 unspecified atom stereocenters. The largest absolute Gasteiger partial charge is 0.379 e. The lowest BCUT2D eigenvalue weighted by atomic mass is 10.0. The van der Waals surface area contributed by atoms with Crippen LogP contribution < -0.4 is 10.6 Å². The van der Waals surface area contributed by atoms with E-state index >= 15 is 0 Å². The molecule has 0 amide bonds. The topological polar surface area (TPSA) is 33.3 Å². The van der Waals surface area contributed by atoms with Crippen molar-refractivity contribution in [1.82, 2.24) is 10.6 Å². The molecule has 3 nitrogen and oxygen atoms in total. The summed E-state index contributed by atoms with van der Waals surface area (Å²) in [7, 11) is 0. The van der Waals surface area contributed by atoms with Crippen LogP contribution >= 0.6 is 11.8 Å². The summed E-state index contributed by atoms with van der Waals surface area (Å²) in [6.45, 7) is 7.60. The van der Waals surface area contributed by atoms with Gasteiger partial charge in [0.2, 0.25) is 0 Å². The normalized spacial score (nSPS) is 32.1. The highest BCUT2D eigenvalue weighted by atomic mass is 32.2. The number of piperidine rings is 1. The fourth-order valence-corrected chi connectivity index (χ4v) is 3.47. The van der Waals surface area contributed by atoms with Gasteiger partial charge in [-0.15, -0.1) is 0 Å². The fourth-order valence-electron chi connectivity index (χ4n) is 2.35. The molecular formula is C12H24N2OS. The van der Waals surface area contributed by atoms with E-state index < -0.39 is 0 Å². The Morgan fingerprint density at radius 1 is 1.44 bits per heavy atom. The highest BCUT2D eigenvalue weighted by molar-refractivity contribution is 7.99. The molecule has 0 radical (unpaired) electrons. The first-order chi connectivity index (χ1) is 7.79. The number of nitrogens with one attached hydrogen (secondary N) is 2. The molecule has 2 N–H and O–H groups in total. The van der Waals surface area contributed by atoms with E-state index in [-0.39, 0.29) is 5.54 Å². The third kappa shape index (κ3) is 3.91. The van der Waals surface area contributed by atoms with Crippen LogP contribution in [0.15, 0.2) is 0 Å². The maximum Gasteiger partial charge on any atom is 0.0646 e. The molecule has 0 saturated carbocycles. The van der Waals surface area contributed by atoms with Crippen LogP contribution in [0.25, 0.3) is 0 Å². The first-order valence-corrected chi connectivity index (χ1v) is 7.48. The van der Waals surface area contributed by atoms with Crippen LogP contribution in [0.4, 0.5) is 0 Å². The zero-order valence-electron chi connectivity index (χ0n) is 10.3. The first kappa shape index (κ1) is 12.7. The number of hydrogen-bond donors (Lipinski definition) is 2. The minimum Gasteiger partial charge on any atom is -0.379 e. The van der Waals surface area contributed by atoms with Gasteiger partial charge in [0.1, 0.15) is 0 Å². The van der Waals surface area contributed by atoms with Gasteiger partial charge in [-0.1, -0.05) is 0 Å². The molecule has 2 aliphatic heterocycles. The quantitative estimate of drug-likeness (QED) is 0.713. The van der Waals surface area contributed by atoms with Crippen LogP contribution in [0.1, 0.15) is 26.2 Å². The second-order valence-electron chi connectivity index (χ2n) is 5.11. The Morgan fingerprint density at radius 2 is 2.25 bits per heavy atom. The fraction of sp³-hybridized carbons (Fsp3) is 1.00. The number of hydrogen-bond acceptors (Lipinski definition) is 4. The summed E-state index contributed by atoms with van der Waals surface area (Å²) >= 11 is 2.14. The van der Waals surface area contributed by atoms with E-state index in [2.05, 4.69) is 29.3 Å². The molecule has 2 saturated heterocycles. The van der Waals surface area contributed by atoms with Gasteiger partial charge in [-0.25, -0.2) is 0 Å². The van der Waals surface area contributed by atoms with Crippen molar-refractivity contribution in [3.63, 3.8) is 0 Å². The van der Waals surface area contributed by atoms with Gasteiger partial charge in [0.05, 0.1) is 6.61 Å². The molecular weight excluding hydrogens is 220 g/mol. The zero-order chi connectivity index (χ0) is 11.3. The van der Waals surface area contributed by atoms with Crippen molar-refractivity contribution in [1.29, 1.82) is 0 Å². The minimum absolute atomic E-state index is 0.245. The van der Waals surface area contributed by atoms with Gasteiger partial charge in [0.25, 0.3) is 0 Å². The highest BCUT2D eigenvalue weighted by Crippen LogP contribution is 2.21. The van der Waals surface area contributed by atoms with Crippen molar-refractivity contribution in [3.05, 3.63) is 0 Å². The molecule has 0 spiro atoms. The number of rotatable bonds is 5. The van der Waals surface area contributed by atoms with Crippen molar-refractivity contribution in [2.24, 2.45) is 0 Å². The zero-order valence-corrected chi connectivity index (χ0v) is 11.1. The predicted molar refractivity (Wildman–Crippen MR) is 70.2 cm³/mol. The lowest BCUT2D eigenvalue weighted by Crippen LogP contribution is -2.44. The maximum absolute atomic E-state index is 5.43. The van der Waals surface area contributed by atoms with Crippen LogP contribution in [0.3, 0.4) is 0 Å². The monoisotopic (exact) mass is 244 g/mol. The maximum atomic E-state index is 5.43. The molecule has 0 aromatic rings. The molecule has 2 fully saturated rings. The average Bonchev–Trinajstić information content (AvgIpc) is 2.74. The van der Waals surface area contributed by atoms with Crippen LogP contribution in [-0.4, -0.2) is 49.4 Å². The van der Waals surface area contributed by atoms with E-state index in [0.717, 1.165) is 31.4 Å². The molecule has 2 heterocycles. The van der Waals surface area contributed by atoms with Gasteiger partial charge in [-0.2, -0.15) is 11.8 Å². The summed E-state index contributed by atoms with van der Waals surface area (Å²) in [5, 5.41) is 7.93. The average molecular weight is 244 g/mol. The van der Waals surface area contributed by atoms with E-state index in [4.69, 9.17) is 4.74 Å². The molecule has 0 aromatic heterocycles. The SMILES string of the molecule is CC1(NCCSC2CCNCC2)CCOC1. The van der Waals surface area contributed by atoms with Gasteiger partial charge in [0, 0.05) is 29.7 Å². The number of thioether (sulfide) groups is 1. The van der Waals surface area contributed by atoms with Gasteiger partial charge in [-0.05, 0) is 39.3 Å². The molecule has 1 atom stereocenters. The Balaban J connectivity index is 1.54. The van der Waals surface area contributed by atoms with Crippen molar-refractivity contribution < 1.29 is 4.74 Å². The van der Waals surface area contributed by atoms with E-state index in [1.54, 1.807) is 0 Å². The summed E-state index contributed by atoms with van der Waals surface area (Å²) in [5.41, 5.74) is 0.245. The van der Waals surface area contributed by atoms with Gasteiger partial charge < -0.3 is 15.4 Å². The third-order valence-electron chi connectivity index (χ3n) is 3.51. The van der Waals surface area contributed by atoms with Crippen molar-refractivity contribution in [2.75, 3.05) is 38.6 Å². The van der Waals surface area contributed by atoms with Crippen molar-refractivity contribution in [2.45, 2.75) is 37.0 Å². The third-order valence-corrected chi connectivity index (χ3v) is 4.90.